The van der Waals surface area contributed by atoms with Crippen LogP contribution in [-0.2, 0) is 4.79 Å². The second-order valence-corrected chi connectivity index (χ2v) is 10.3. The number of aliphatic hydroxyl groups excluding tert-OH is 1. The summed E-state index contributed by atoms with van der Waals surface area (Å²) in [6, 6.07) is 0. The topological polar surface area (TPSA) is 37.3 Å². The molecule has 0 aromatic heterocycles. The number of hydrogen-bond donors (Lipinski definition) is 1. The van der Waals surface area contributed by atoms with Gasteiger partial charge >= 0.3 is 0 Å². The molecule has 22 heavy (non-hydrogen) atoms. The Bertz CT molecular complexity index is 538. The Kier molecular flexibility index (Phi) is 2.75. The minimum Gasteiger partial charge on any atom is -0.392 e. The molecule has 1 unspecified atom stereocenters. The summed E-state index contributed by atoms with van der Waals surface area (Å²) in [6.45, 7) is 11.9. The van der Waals surface area contributed by atoms with Gasteiger partial charge in [0.05, 0.1) is 6.10 Å². The molecule has 0 saturated heterocycles. The molecule has 4 fully saturated rings. The first-order valence-electron chi connectivity index (χ1n) is 9.30. The number of ketones is 1. The quantitative estimate of drug-likeness (QED) is 0.728. The summed E-state index contributed by atoms with van der Waals surface area (Å²) < 4.78 is 0. The van der Waals surface area contributed by atoms with Gasteiger partial charge < -0.3 is 5.11 Å². The molecule has 0 heterocycles. The number of rotatable bonds is 0. The van der Waals surface area contributed by atoms with Gasteiger partial charge in [-0.1, -0.05) is 34.6 Å². The highest BCUT2D eigenvalue weighted by molar-refractivity contribution is 5.87. The van der Waals surface area contributed by atoms with Gasteiger partial charge in [-0.3, -0.25) is 4.79 Å². The van der Waals surface area contributed by atoms with E-state index in [4.69, 9.17) is 0 Å². The molecular weight excluding hydrogens is 272 g/mol. The standard InChI is InChI=1S/C20H32O2/c1-12-14(21)10-15(22)19(5)7-6-13-16-17(2,3)8-9-18(16,4)11-20(12,13)19/h12-14,16,21H,6-11H2,1-5H3/t12-,13-,14+,16?,18+,19-,20-/m0/s1. The van der Waals surface area contributed by atoms with E-state index in [9.17, 15) is 9.90 Å². The largest absolute Gasteiger partial charge is 0.392 e. The lowest BCUT2D eigenvalue weighted by Gasteiger charge is -2.54. The van der Waals surface area contributed by atoms with E-state index >= 15 is 0 Å². The molecule has 0 amide bonds. The molecule has 1 spiro atoms. The summed E-state index contributed by atoms with van der Waals surface area (Å²) >= 11 is 0. The number of carbonyl (C=O) groups is 1. The van der Waals surface area contributed by atoms with Gasteiger partial charge in [0.15, 0.2) is 0 Å². The van der Waals surface area contributed by atoms with Gasteiger partial charge in [-0.05, 0) is 66.1 Å². The van der Waals surface area contributed by atoms with Gasteiger partial charge in [0.2, 0.25) is 0 Å². The van der Waals surface area contributed by atoms with Gasteiger partial charge in [0.25, 0.3) is 0 Å². The molecule has 1 N–H and O–H groups in total. The van der Waals surface area contributed by atoms with Crippen LogP contribution < -0.4 is 0 Å². The Morgan fingerprint density at radius 1 is 1.09 bits per heavy atom. The second kappa shape index (κ2) is 3.99. The minimum atomic E-state index is -0.424. The van der Waals surface area contributed by atoms with Crippen molar-refractivity contribution < 1.29 is 9.90 Å². The van der Waals surface area contributed by atoms with Crippen LogP contribution >= 0.6 is 0 Å². The number of fused-ring (bicyclic) bond motifs is 2. The predicted molar refractivity (Wildman–Crippen MR) is 87.3 cm³/mol. The normalized spacial score (nSPS) is 59.3. The lowest BCUT2D eigenvalue weighted by atomic mass is 9.49. The molecule has 2 nitrogen and oxygen atoms in total. The van der Waals surface area contributed by atoms with E-state index in [0.717, 1.165) is 12.3 Å². The first-order chi connectivity index (χ1) is 10.1. The molecule has 0 aromatic rings. The maximum atomic E-state index is 12.9. The molecule has 0 aromatic carbocycles. The smallest absolute Gasteiger partial charge is 0.141 e. The molecule has 4 aliphatic carbocycles. The van der Waals surface area contributed by atoms with Crippen molar-refractivity contribution in [2.24, 2.45) is 39.4 Å². The Labute approximate surface area is 135 Å². The van der Waals surface area contributed by atoms with Crippen molar-refractivity contribution in [3.8, 4) is 0 Å². The van der Waals surface area contributed by atoms with Crippen LogP contribution in [0, 0.1) is 39.4 Å². The fourth-order valence-corrected chi connectivity index (χ4v) is 8.23. The molecule has 0 radical (unpaired) electrons. The third-order valence-electron chi connectivity index (χ3n) is 9.08. The number of carbonyl (C=O) groups excluding carboxylic acids is 1. The maximum absolute atomic E-state index is 12.9. The van der Waals surface area contributed by atoms with Crippen molar-refractivity contribution >= 4 is 5.78 Å². The number of hydrogen-bond acceptors (Lipinski definition) is 2. The first kappa shape index (κ1) is 15.2. The van der Waals surface area contributed by atoms with Crippen LogP contribution in [-0.4, -0.2) is 17.0 Å². The Balaban J connectivity index is 1.89. The van der Waals surface area contributed by atoms with E-state index in [1.807, 2.05) is 0 Å². The second-order valence-electron chi connectivity index (χ2n) is 10.3. The van der Waals surface area contributed by atoms with Crippen molar-refractivity contribution in [2.75, 3.05) is 0 Å². The number of aliphatic hydroxyl groups is 1. The minimum absolute atomic E-state index is 0.0544. The lowest BCUT2D eigenvalue weighted by molar-refractivity contribution is -0.158. The van der Waals surface area contributed by atoms with Crippen molar-refractivity contribution in [3.05, 3.63) is 0 Å². The maximum Gasteiger partial charge on any atom is 0.141 e. The van der Waals surface area contributed by atoms with E-state index in [1.165, 1.54) is 25.7 Å². The molecule has 0 aliphatic heterocycles. The van der Waals surface area contributed by atoms with E-state index in [0.29, 0.717) is 29.0 Å². The van der Waals surface area contributed by atoms with Crippen LogP contribution in [0.2, 0.25) is 0 Å². The molecular formula is C20H32O2. The third kappa shape index (κ3) is 1.41. The van der Waals surface area contributed by atoms with E-state index in [1.54, 1.807) is 0 Å². The van der Waals surface area contributed by atoms with Crippen molar-refractivity contribution in [1.82, 2.24) is 0 Å². The SMILES string of the molecule is C[C@H]1[C@H](O)CC(=O)[C@]2(C)CC[C@H]3C4C(C)(C)CC[C@]4(C)C[C@@]312. The molecule has 0 bridgehead atoms. The van der Waals surface area contributed by atoms with Crippen LogP contribution in [0.1, 0.15) is 73.1 Å². The van der Waals surface area contributed by atoms with Crippen molar-refractivity contribution in [3.63, 3.8) is 0 Å². The van der Waals surface area contributed by atoms with Gasteiger partial charge in [0.1, 0.15) is 5.78 Å². The van der Waals surface area contributed by atoms with Gasteiger partial charge in [-0.15, -0.1) is 0 Å². The number of Topliss-reactive ketones (excluding diaryl/α,β-unsaturated/α-hetero) is 1. The highest BCUT2D eigenvalue weighted by Crippen LogP contribution is 2.80. The zero-order valence-electron chi connectivity index (χ0n) is 14.9. The van der Waals surface area contributed by atoms with Crippen molar-refractivity contribution in [1.29, 1.82) is 0 Å². The van der Waals surface area contributed by atoms with Crippen LogP contribution in [0.5, 0.6) is 0 Å². The molecule has 7 atom stereocenters. The van der Waals surface area contributed by atoms with Crippen LogP contribution in [0.4, 0.5) is 0 Å². The third-order valence-corrected chi connectivity index (χ3v) is 9.08. The van der Waals surface area contributed by atoms with Crippen LogP contribution in [0.25, 0.3) is 0 Å². The van der Waals surface area contributed by atoms with Crippen LogP contribution in [0.15, 0.2) is 0 Å². The summed E-state index contributed by atoms with van der Waals surface area (Å²) in [5.41, 5.74) is 0.638. The molecule has 4 saturated carbocycles. The zero-order valence-corrected chi connectivity index (χ0v) is 14.9. The summed E-state index contributed by atoms with van der Waals surface area (Å²) in [6.07, 6.45) is 6.00. The molecule has 4 rings (SSSR count). The van der Waals surface area contributed by atoms with Gasteiger partial charge in [-0.2, -0.15) is 0 Å². The monoisotopic (exact) mass is 304 g/mol. The van der Waals surface area contributed by atoms with E-state index in [-0.39, 0.29) is 16.7 Å². The highest BCUT2D eigenvalue weighted by Gasteiger charge is 2.76. The molecule has 4 aliphatic rings. The first-order valence-corrected chi connectivity index (χ1v) is 9.30. The summed E-state index contributed by atoms with van der Waals surface area (Å²) in [4.78, 5) is 12.9. The van der Waals surface area contributed by atoms with E-state index in [2.05, 4.69) is 34.6 Å². The summed E-state index contributed by atoms with van der Waals surface area (Å²) in [7, 11) is 0. The van der Waals surface area contributed by atoms with Crippen molar-refractivity contribution in [2.45, 2.75) is 79.2 Å². The average molecular weight is 304 g/mol. The van der Waals surface area contributed by atoms with Gasteiger partial charge in [-0.25, -0.2) is 0 Å². The average Bonchev–Trinajstić information content (AvgIpc) is 2.94. The predicted octanol–water partition coefficient (Wildman–Crippen LogP) is 4.21. The Morgan fingerprint density at radius 2 is 1.77 bits per heavy atom. The Hall–Kier alpha value is -0.370. The molecule has 2 heteroatoms. The fraction of sp³-hybridized carbons (Fsp3) is 0.950. The van der Waals surface area contributed by atoms with Crippen LogP contribution in [0.3, 0.4) is 0 Å². The highest BCUT2D eigenvalue weighted by atomic mass is 16.3. The zero-order chi connectivity index (χ0) is 16.1. The lowest BCUT2D eigenvalue weighted by Crippen LogP contribution is -2.56. The van der Waals surface area contributed by atoms with E-state index < -0.39 is 6.10 Å². The summed E-state index contributed by atoms with van der Waals surface area (Å²) in [5.74, 6) is 1.97. The Morgan fingerprint density at radius 3 is 2.45 bits per heavy atom. The molecule has 124 valence electrons. The fourth-order valence-electron chi connectivity index (χ4n) is 8.23. The van der Waals surface area contributed by atoms with Gasteiger partial charge in [0, 0.05) is 11.8 Å². The summed E-state index contributed by atoms with van der Waals surface area (Å²) in [5, 5.41) is 10.6.